The Hall–Kier alpha value is -2.83. The molecule has 0 aliphatic rings. The van der Waals surface area contributed by atoms with Crippen molar-refractivity contribution >= 4 is 17.3 Å². The number of ether oxygens (including phenoxy) is 1. The van der Waals surface area contributed by atoms with Gasteiger partial charge in [0.05, 0.1) is 12.8 Å². The number of amides is 1. The molecule has 2 aromatic carbocycles. The second kappa shape index (κ2) is 5.66. The minimum Gasteiger partial charge on any atom is -0.504 e. The van der Waals surface area contributed by atoms with E-state index in [-0.39, 0.29) is 22.7 Å². The number of carbonyl (C=O) groups excluding carboxylic acids is 1. The molecule has 0 aromatic heterocycles. The van der Waals surface area contributed by atoms with Crippen LogP contribution in [0.5, 0.6) is 11.5 Å². The molecule has 0 spiro atoms. The fourth-order valence-corrected chi connectivity index (χ4v) is 1.71. The molecule has 4 N–H and O–H groups in total. The number of hydrogen-bond acceptors (Lipinski definition) is 4. The van der Waals surface area contributed by atoms with Crippen molar-refractivity contribution < 1.29 is 23.4 Å². The Kier molecular flexibility index (Phi) is 3.93. The molecule has 0 unspecified atom stereocenters. The van der Waals surface area contributed by atoms with Gasteiger partial charge in [-0.1, -0.05) is 0 Å². The summed E-state index contributed by atoms with van der Waals surface area (Å²) in [6, 6.07) is 5.87. The Morgan fingerprint density at radius 2 is 2.00 bits per heavy atom. The van der Waals surface area contributed by atoms with Crippen LogP contribution in [0.3, 0.4) is 0 Å². The van der Waals surface area contributed by atoms with Crippen LogP contribution in [0.4, 0.5) is 20.2 Å². The number of phenols is 1. The Morgan fingerprint density at radius 3 is 2.62 bits per heavy atom. The molecule has 1 amide bonds. The van der Waals surface area contributed by atoms with Gasteiger partial charge in [-0.25, -0.2) is 8.78 Å². The number of methoxy groups -OCH3 is 1. The van der Waals surface area contributed by atoms with Gasteiger partial charge in [-0.2, -0.15) is 0 Å². The molecule has 0 radical (unpaired) electrons. The fourth-order valence-electron chi connectivity index (χ4n) is 1.71. The number of benzene rings is 2. The van der Waals surface area contributed by atoms with Crippen molar-refractivity contribution in [3.8, 4) is 11.5 Å². The molecule has 0 atom stereocenters. The first-order chi connectivity index (χ1) is 9.93. The summed E-state index contributed by atoms with van der Waals surface area (Å²) in [5, 5.41) is 11.8. The lowest BCUT2D eigenvalue weighted by Gasteiger charge is -2.10. The number of carbonyl (C=O) groups is 1. The lowest BCUT2D eigenvalue weighted by molar-refractivity contribution is 0.102. The topological polar surface area (TPSA) is 84.6 Å². The van der Waals surface area contributed by atoms with Crippen LogP contribution in [0.25, 0.3) is 0 Å². The first kappa shape index (κ1) is 14.6. The fraction of sp³-hybridized carbons (Fsp3) is 0.0714. The zero-order valence-corrected chi connectivity index (χ0v) is 11.0. The number of phenolic OH excluding ortho intramolecular Hbond substituents is 1. The van der Waals surface area contributed by atoms with Gasteiger partial charge in [0.15, 0.2) is 23.1 Å². The van der Waals surface area contributed by atoms with Crippen molar-refractivity contribution in [2.45, 2.75) is 0 Å². The molecule has 0 saturated carbocycles. The average molecular weight is 294 g/mol. The smallest absolute Gasteiger partial charge is 0.255 e. The van der Waals surface area contributed by atoms with E-state index >= 15 is 0 Å². The van der Waals surface area contributed by atoms with E-state index in [1.54, 1.807) is 0 Å². The predicted octanol–water partition coefficient (Wildman–Crippen LogP) is 2.51. The first-order valence-corrected chi connectivity index (χ1v) is 5.86. The number of nitrogens with one attached hydrogen (secondary N) is 1. The van der Waals surface area contributed by atoms with Gasteiger partial charge in [-0.05, 0) is 30.3 Å². The van der Waals surface area contributed by atoms with Gasteiger partial charge in [-0.15, -0.1) is 0 Å². The summed E-state index contributed by atoms with van der Waals surface area (Å²) < 4.78 is 31.6. The van der Waals surface area contributed by atoms with Crippen LogP contribution in [-0.4, -0.2) is 18.1 Å². The highest BCUT2D eigenvalue weighted by molar-refractivity contribution is 6.06. The summed E-state index contributed by atoms with van der Waals surface area (Å²) in [7, 11) is 1.36. The van der Waals surface area contributed by atoms with E-state index < -0.39 is 23.2 Å². The van der Waals surface area contributed by atoms with E-state index in [9.17, 15) is 18.7 Å². The number of anilines is 2. The maximum Gasteiger partial charge on any atom is 0.255 e. The largest absolute Gasteiger partial charge is 0.504 e. The van der Waals surface area contributed by atoms with E-state index in [2.05, 4.69) is 5.32 Å². The third-order valence-corrected chi connectivity index (χ3v) is 2.81. The molecule has 5 nitrogen and oxygen atoms in total. The quantitative estimate of drug-likeness (QED) is 0.759. The molecule has 0 bridgehead atoms. The van der Waals surface area contributed by atoms with Crippen LogP contribution in [0.15, 0.2) is 30.3 Å². The molecule has 2 aromatic rings. The highest BCUT2D eigenvalue weighted by Crippen LogP contribution is 2.28. The predicted molar refractivity (Wildman–Crippen MR) is 73.4 cm³/mol. The molecule has 7 heteroatoms. The van der Waals surface area contributed by atoms with Gasteiger partial charge >= 0.3 is 0 Å². The van der Waals surface area contributed by atoms with Gasteiger partial charge in [0.1, 0.15) is 5.69 Å². The maximum absolute atomic E-state index is 13.6. The van der Waals surface area contributed by atoms with Gasteiger partial charge < -0.3 is 20.9 Å². The zero-order chi connectivity index (χ0) is 15.6. The van der Waals surface area contributed by atoms with Crippen molar-refractivity contribution in [3.05, 3.63) is 47.5 Å². The SMILES string of the molecule is COc1ccc(C(=O)Nc2c(N)ccc(F)c2F)cc1O. The van der Waals surface area contributed by atoms with Crippen molar-refractivity contribution in [1.82, 2.24) is 0 Å². The van der Waals surface area contributed by atoms with Crippen molar-refractivity contribution in [1.29, 1.82) is 0 Å². The van der Waals surface area contributed by atoms with Crippen molar-refractivity contribution in [3.63, 3.8) is 0 Å². The van der Waals surface area contributed by atoms with Crippen LogP contribution < -0.4 is 15.8 Å². The maximum atomic E-state index is 13.6. The van der Waals surface area contributed by atoms with Crippen LogP contribution in [-0.2, 0) is 0 Å². The highest BCUT2D eigenvalue weighted by Gasteiger charge is 2.16. The van der Waals surface area contributed by atoms with E-state index in [0.717, 1.165) is 18.2 Å². The summed E-state index contributed by atoms with van der Waals surface area (Å²) in [6.45, 7) is 0. The Balaban J connectivity index is 2.30. The molecule has 0 heterocycles. The monoisotopic (exact) mass is 294 g/mol. The lowest BCUT2D eigenvalue weighted by Crippen LogP contribution is -2.15. The van der Waals surface area contributed by atoms with Crippen molar-refractivity contribution in [2.75, 3.05) is 18.2 Å². The van der Waals surface area contributed by atoms with Crippen LogP contribution in [0, 0.1) is 11.6 Å². The summed E-state index contributed by atoms with van der Waals surface area (Å²) >= 11 is 0. The molecular weight excluding hydrogens is 282 g/mol. The molecule has 0 saturated heterocycles. The van der Waals surface area contributed by atoms with Gasteiger partial charge in [0, 0.05) is 5.56 Å². The summed E-state index contributed by atoms with van der Waals surface area (Å²) in [4.78, 5) is 12.0. The van der Waals surface area contributed by atoms with Gasteiger partial charge in [0.2, 0.25) is 0 Å². The number of hydrogen-bond donors (Lipinski definition) is 3. The van der Waals surface area contributed by atoms with Gasteiger partial charge in [0.25, 0.3) is 5.91 Å². The summed E-state index contributed by atoms with van der Waals surface area (Å²) in [5.74, 6) is -3.19. The lowest BCUT2D eigenvalue weighted by atomic mass is 10.1. The molecule has 2 rings (SSSR count). The minimum absolute atomic E-state index is 0.0383. The van der Waals surface area contributed by atoms with Crippen LogP contribution in [0.1, 0.15) is 10.4 Å². The normalized spacial score (nSPS) is 10.2. The number of halogens is 2. The number of nitrogen functional groups attached to an aromatic ring is 1. The van der Waals surface area contributed by atoms with Gasteiger partial charge in [-0.3, -0.25) is 4.79 Å². The molecule has 21 heavy (non-hydrogen) atoms. The van der Waals surface area contributed by atoms with Crippen LogP contribution >= 0.6 is 0 Å². The van der Waals surface area contributed by atoms with Crippen molar-refractivity contribution in [2.24, 2.45) is 0 Å². The summed E-state index contributed by atoms with van der Waals surface area (Å²) in [6.07, 6.45) is 0. The van der Waals surface area contributed by atoms with Crippen LogP contribution in [0.2, 0.25) is 0 Å². The van der Waals surface area contributed by atoms with E-state index in [0.29, 0.717) is 0 Å². The first-order valence-electron chi connectivity index (χ1n) is 5.86. The Bertz CT molecular complexity index is 705. The highest BCUT2D eigenvalue weighted by atomic mass is 19.2. The minimum atomic E-state index is -1.25. The van der Waals surface area contributed by atoms with E-state index in [4.69, 9.17) is 10.5 Å². The number of rotatable bonds is 3. The third-order valence-electron chi connectivity index (χ3n) is 2.81. The standard InChI is InChI=1S/C14H12F2N2O3/c1-21-11-5-2-7(6-10(11)19)14(20)18-13-9(17)4-3-8(15)12(13)16/h2-6,19H,17H2,1H3,(H,18,20). The Labute approximate surface area is 119 Å². The molecule has 110 valence electrons. The zero-order valence-electron chi connectivity index (χ0n) is 11.0. The second-order valence-electron chi connectivity index (χ2n) is 4.17. The van der Waals surface area contributed by atoms with E-state index in [1.165, 1.54) is 19.2 Å². The molecule has 0 aliphatic carbocycles. The van der Waals surface area contributed by atoms with E-state index in [1.807, 2.05) is 0 Å². The summed E-state index contributed by atoms with van der Waals surface area (Å²) in [5.41, 5.74) is 4.98. The molecular formula is C14H12F2N2O3. The average Bonchev–Trinajstić information content (AvgIpc) is 2.47. The molecule has 0 fully saturated rings. The number of nitrogens with two attached hydrogens (primary N) is 1. The molecule has 0 aliphatic heterocycles. The third kappa shape index (κ3) is 2.86. The second-order valence-corrected chi connectivity index (χ2v) is 4.17. The Morgan fingerprint density at radius 1 is 1.29 bits per heavy atom. The number of aromatic hydroxyl groups is 1.